The predicted octanol–water partition coefficient (Wildman–Crippen LogP) is 1.77. The summed E-state index contributed by atoms with van der Waals surface area (Å²) in [5.41, 5.74) is 0. The Hall–Kier alpha value is -0.940. The lowest BCUT2D eigenvalue weighted by Crippen LogP contribution is -2.38. The summed E-state index contributed by atoms with van der Waals surface area (Å²) in [5, 5.41) is 7.17. The highest BCUT2D eigenvalue weighted by atomic mass is 16.5. The van der Waals surface area contributed by atoms with E-state index >= 15 is 0 Å². The summed E-state index contributed by atoms with van der Waals surface area (Å²) < 4.78 is 5.45. The van der Waals surface area contributed by atoms with Gasteiger partial charge in [-0.2, -0.15) is 4.98 Å². The predicted molar refractivity (Wildman–Crippen MR) is 70.4 cm³/mol. The standard InChI is InChI=1S/C13H24N4O/c1-10(2)17-9-5-4-6-11(17)13-15-12(16-18-13)7-8-14-3/h10-11,14H,4-9H2,1-3H3. The molecule has 2 rings (SSSR count). The third-order valence-corrected chi connectivity index (χ3v) is 3.57. The molecule has 18 heavy (non-hydrogen) atoms. The largest absolute Gasteiger partial charge is 0.338 e. The van der Waals surface area contributed by atoms with Crippen LogP contribution in [-0.2, 0) is 6.42 Å². The zero-order chi connectivity index (χ0) is 13.0. The third-order valence-electron chi connectivity index (χ3n) is 3.57. The molecule has 2 heterocycles. The fraction of sp³-hybridized carbons (Fsp3) is 0.846. The molecule has 1 atom stereocenters. The first-order valence-electron chi connectivity index (χ1n) is 6.95. The van der Waals surface area contributed by atoms with E-state index in [9.17, 15) is 0 Å². The Morgan fingerprint density at radius 3 is 3.00 bits per heavy atom. The van der Waals surface area contributed by atoms with Crippen LogP contribution in [0, 0.1) is 0 Å². The minimum atomic E-state index is 0.314. The summed E-state index contributed by atoms with van der Waals surface area (Å²) in [5.74, 6) is 1.61. The number of rotatable bonds is 5. The molecule has 0 spiro atoms. The van der Waals surface area contributed by atoms with Gasteiger partial charge in [-0.05, 0) is 40.3 Å². The maximum absolute atomic E-state index is 5.45. The van der Waals surface area contributed by atoms with Crippen molar-refractivity contribution in [2.24, 2.45) is 0 Å². The Morgan fingerprint density at radius 1 is 1.44 bits per heavy atom. The first kappa shape index (κ1) is 13.5. The van der Waals surface area contributed by atoms with Gasteiger partial charge in [0.1, 0.15) is 0 Å². The van der Waals surface area contributed by atoms with Crippen LogP contribution in [0.15, 0.2) is 4.52 Å². The van der Waals surface area contributed by atoms with Crippen LogP contribution in [0.25, 0.3) is 0 Å². The van der Waals surface area contributed by atoms with Crippen molar-refractivity contribution in [1.29, 1.82) is 0 Å². The van der Waals surface area contributed by atoms with Gasteiger partial charge in [0, 0.05) is 19.0 Å². The van der Waals surface area contributed by atoms with Crippen LogP contribution in [0.5, 0.6) is 0 Å². The lowest BCUT2D eigenvalue weighted by molar-refractivity contribution is 0.0875. The Balaban J connectivity index is 2.06. The van der Waals surface area contributed by atoms with Crippen LogP contribution < -0.4 is 5.32 Å². The summed E-state index contributed by atoms with van der Waals surface area (Å²) in [4.78, 5) is 7.02. The van der Waals surface area contributed by atoms with Crippen LogP contribution in [0.2, 0.25) is 0 Å². The molecule has 1 aliphatic rings. The van der Waals surface area contributed by atoms with Crippen LogP contribution in [0.3, 0.4) is 0 Å². The van der Waals surface area contributed by atoms with Crippen molar-refractivity contribution >= 4 is 0 Å². The monoisotopic (exact) mass is 252 g/mol. The van der Waals surface area contributed by atoms with E-state index in [4.69, 9.17) is 4.52 Å². The summed E-state index contributed by atoms with van der Waals surface area (Å²) in [7, 11) is 1.93. The van der Waals surface area contributed by atoms with E-state index < -0.39 is 0 Å². The average molecular weight is 252 g/mol. The zero-order valence-corrected chi connectivity index (χ0v) is 11.6. The van der Waals surface area contributed by atoms with Crippen molar-refractivity contribution in [2.45, 2.75) is 51.6 Å². The van der Waals surface area contributed by atoms with Gasteiger partial charge in [0.2, 0.25) is 5.89 Å². The maximum atomic E-state index is 5.45. The van der Waals surface area contributed by atoms with Gasteiger partial charge in [-0.25, -0.2) is 0 Å². The first-order chi connectivity index (χ1) is 8.72. The number of aromatic nitrogens is 2. The van der Waals surface area contributed by atoms with Crippen LogP contribution >= 0.6 is 0 Å². The normalized spacial score (nSPS) is 21.7. The van der Waals surface area contributed by atoms with Gasteiger partial charge in [0.05, 0.1) is 6.04 Å². The van der Waals surface area contributed by atoms with Crippen molar-refractivity contribution in [1.82, 2.24) is 20.4 Å². The minimum absolute atomic E-state index is 0.314. The minimum Gasteiger partial charge on any atom is -0.338 e. The molecule has 5 heteroatoms. The van der Waals surface area contributed by atoms with Crippen molar-refractivity contribution in [3.63, 3.8) is 0 Å². The quantitative estimate of drug-likeness (QED) is 0.865. The second kappa shape index (κ2) is 6.29. The van der Waals surface area contributed by atoms with Gasteiger partial charge in [0.15, 0.2) is 5.82 Å². The molecular formula is C13H24N4O. The maximum Gasteiger partial charge on any atom is 0.244 e. The summed E-state index contributed by atoms with van der Waals surface area (Å²) in [6.45, 7) is 6.49. The summed E-state index contributed by atoms with van der Waals surface area (Å²) >= 11 is 0. The van der Waals surface area contributed by atoms with E-state index in [1.165, 1.54) is 12.8 Å². The molecule has 1 N–H and O–H groups in total. The fourth-order valence-electron chi connectivity index (χ4n) is 2.58. The van der Waals surface area contributed by atoms with Gasteiger partial charge in [-0.1, -0.05) is 11.6 Å². The highest BCUT2D eigenvalue weighted by Gasteiger charge is 2.30. The smallest absolute Gasteiger partial charge is 0.244 e. The topological polar surface area (TPSA) is 54.2 Å². The van der Waals surface area contributed by atoms with Gasteiger partial charge >= 0.3 is 0 Å². The molecule has 1 fully saturated rings. The van der Waals surface area contributed by atoms with Gasteiger partial charge in [0.25, 0.3) is 0 Å². The zero-order valence-electron chi connectivity index (χ0n) is 11.6. The molecule has 0 aliphatic carbocycles. The van der Waals surface area contributed by atoms with Crippen LogP contribution in [0.1, 0.15) is 50.9 Å². The molecule has 1 aromatic heterocycles. The highest BCUT2D eigenvalue weighted by molar-refractivity contribution is 4.96. The van der Waals surface area contributed by atoms with Crippen molar-refractivity contribution in [2.75, 3.05) is 20.1 Å². The van der Waals surface area contributed by atoms with E-state index in [-0.39, 0.29) is 0 Å². The molecule has 0 saturated carbocycles. The van der Waals surface area contributed by atoms with E-state index in [1.54, 1.807) is 0 Å². The Bertz CT molecular complexity index is 364. The molecule has 0 radical (unpaired) electrons. The number of piperidine rings is 1. The van der Waals surface area contributed by atoms with Crippen molar-refractivity contribution in [3.05, 3.63) is 11.7 Å². The van der Waals surface area contributed by atoms with E-state index in [0.717, 1.165) is 37.6 Å². The first-order valence-corrected chi connectivity index (χ1v) is 6.95. The molecule has 102 valence electrons. The molecule has 5 nitrogen and oxygen atoms in total. The lowest BCUT2D eigenvalue weighted by Gasteiger charge is -2.36. The van der Waals surface area contributed by atoms with E-state index in [1.807, 2.05) is 7.05 Å². The van der Waals surface area contributed by atoms with Gasteiger partial charge in [-0.3, -0.25) is 4.90 Å². The number of nitrogens with one attached hydrogen (secondary N) is 1. The van der Waals surface area contributed by atoms with Crippen LogP contribution in [0.4, 0.5) is 0 Å². The summed E-state index contributed by atoms with van der Waals surface area (Å²) in [6, 6.07) is 0.845. The Kier molecular flexibility index (Phi) is 4.72. The number of likely N-dealkylation sites (tertiary alicyclic amines) is 1. The van der Waals surface area contributed by atoms with Crippen molar-refractivity contribution < 1.29 is 4.52 Å². The molecule has 0 aromatic carbocycles. The molecule has 0 amide bonds. The van der Waals surface area contributed by atoms with Crippen molar-refractivity contribution in [3.8, 4) is 0 Å². The molecule has 1 aliphatic heterocycles. The second-order valence-electron chi connectivity index (χ2n) is 5.25. The summed E-state index contributed by atoms with van der Waals surface area (Å²) in [6.07, 6.45) is 4.48. The Labute approximate surface area is 109 Å². The van der Waals surface area contributed by atoms with Gasteiger partial charge in [-0.15, -0.1) is 0 Å². The molecule has 1 aromatic rings. The second-order valence-corrected chi connectivity index (χ2v) is 5.25. The van der Waals surface area contributed by atoms with Gasteiger partial charge < -0.3 is 9.84 Å². The van der Waals surface area contributed by atoms with E-state index in [0.29, 0.717) is 12.1 Å². The molecular weight excluding hydrogens is 228 g/mol. The average Bonchev–Trinajstić information content (AvgIpc) is 2.85. The number of nitrogens with zero attached hydrogens (tertiary/aromatic N) is 3. The highest BCUT2D eigenvalue weighted by Crippen LogP contribution is 2.31. The Morgan fingerprint density at radius 2 is 2.28 bits per heavy atom. The number of likely N-dealkylation sites (N-methyl/N-ethyl adjacent to an activating group) is 1. The fourth-order valence-corrected chi connectivity index (χ4v) is 2.58. The lowest BCUT2D eigenvalue weighted by atomic mass is 10.0. The molecule has 1 unspecified atom stereocenters. The number of hydrogen-bond donors (Lipinski definition) is 1. The molecule has 1 saturated heterocycles. The van der Waals surface area contributed by atoms with Crippen LogP contribution in [-0.4, -0.2) is 41.2 Å². The molecule has 0 bridgehead atoms. The van der Waals surface area contributed by atoms with E-state index in [2.05, 4.69) is 34.2 Å². The SMILES string of the molecule is CNCCc1noc(C2CCCCN2C(C)C)n1. The number of hydrogen-bond acceptors (Lipinski definition) is 5. The third kappa shape index (κ3) is 3.09.